The van der Waals surface area contributed by atoms with Crippen LogP contribution in [0.25, 0.3) is 27.4 Å². The van der Waals surface area contributed by atoms with Crippen molar-refractivity contribution in [3.05, 3.63) is 58.2 Å². The topological polar surface area (TPSA) is 68.3 Å². The van der Waals surface area contributed by atoms with Crippen molar-refractivity contribution in [2.75, 3.05) is 44.7 Å². The van der Waals surface area contributed by atoms with Gasteiger partial charge in [-0.2, -0.15) is 5.10 Å². The lowest BCUT2D eigenvalue weighted by molar-refractivity contribution is 0.258. The minimum atomic E-state index is 0.319. The molecule has 1 fully saturated rings. The van der Waals surface area contributed by atoms with Crippen LogP contribution in [0, 0.1) is 6.92 Å². The molecule has 1 aliphatic rings. The quantitative estimate of drug-likeness (QED) is 0.224. The van der Waals surface area contributed by atoms with Gasteiger partial charge in [-0.25, -0.2) is 9.50 Å². The van der Waals surface area contributed by atoms with Crippen molar-refractivity contribution >= 4 is 44.6 Å². The second-order valence-electron chi connectivity index (χ2n) is 9.52. The van der Waals surface area contributed by atoms with Crippen molar-refractivity contribution in [2.45, 2.75) is 26.9 Å². The van der Waals surface area contributed by atoms with Gasteiger partial charge in [-0.15, -0.1) is 0 Å². The number of fused-ring (bicyclic) bond motifs is 2. The number of halogens is 1. The summed E-state index contributed by atoms with van der Waals surface area (Å²) >= 11 is 8.10. The Kier molecular flexibility index (Phi) is 6.90. The van der Waals surface area contributed by atoms with Crippen LogP contribution in [0.3, 0.4) is 0 Å². The van der Waals surface area contributed by atoms with E-state index in [1.54, 1.807) is 23.0 Å². The van der Waals surface area contributed by atoms with E-state index in [0.717, 1.165) is 65.0 Å². The number of hydrogen-bond acceptors (Lipinski definition) is 8. The Morgan fingerprint density at radius 1 is 1.11 bits per heavy atom. The molecule has 38 heavy (non-hydrogen) atoms. The zero-order valence-electron chi connectivity index (χ0n) is 21.7. The van der Waals surface area contributed by atoms with Crippen molar-refractivity contribution < 1.29 is 13.9 Å². The number of methoxy groups -OCH3 is 1. The van der Waals surface area contributed by atoms with E-state index >= 15 is 0 Å². The van der Waals surface area contributed by atoms with Crippen LogP contribution in [0.2, 0.25) is 5.02 Å². The zero-order chi connectivity index (χ0) is 26.2. The summed E-state index contributed by atoms with van der Waals surface area (Å²) in [6, 6.07) is 11.9. The van der Waals surface area contributed by atoms with E-state index < -0.39 is 0 Å². The number of anilines is 1. The Balaban J connectivity index is 1.25. The van der Waals surface area contributed by atoms with Gasteiger partial charge in [0.1, 0.15) is 34.4 Å². The molecule has 3 aromatic heterocycles. The van der Waals surface area contributed by atoms with E-state index in [4.69, 9.17) is 25.5 Å². The van der Waals surface area contributed by atoms with Crippen LogP contribution in [0.15, 0.2) is 47.0 Å². The van der Waals surface area contributed by atoms with E-state index in [-0.39, 0.29) is 0 Å². The number of aromatic nitrogens is 3. The summed E-state index contributed by atoms with van der Waals surface area (Å²) < 4.78 is 19.8. The van der Waals surface area contributed by atoms with Crippen molar-refractivity contribution in [1.82, 2.24) is 19.5 Å². The van der Waals surface area contributed by atoms with Gasteiger partial charge in [0.2, 0.25) is 4.96 Å². The van der Waals surface area contributed by atoms with Crippen LogP contribution in [0.4, 0.5) is 5.69 Å². The summed E-state index contributed by atoms with van der Waals surface area (Å²) in [7, 11) is 1.65. The summed E-state index contributed by atoms with van der Waals surface area (Å²) in [4.78, 5) is 10.4. The SMILES string of the molecule is CCCN1CCN(c2ccc(Cl)c(OCc3cc(OC)cc4oc(-c5cn6nc(C)sc6n5)cc34)c2)CC1. The fourth-order valence-corrected chi connectivity index (χ4v) is 5.86. The largest absolute Gasteiger partial charge is 0.497 e. The molecule has 10 heteroatoms. The van der Waals surface area contributed by atoms with Gasteiger partial charge in [-0.1, -0.05) is 29.9 Å². The molecule has 0 atom stereocenters. The van der Waals surface area contributed by atoms with Crippen LogP contribution < -0.4 is 14.4 Å². The third kappa shape index (κ3) is 4.93. The van der Waals surface area contributed by atoms with Crippen LogP contribution in [-0.4, -0.2) is 59.3 Å². The van der Waals surface area contributed by atoms with Gasteiger partial charge < -0.3 is 18.8 Å². The monoisotopic (exact) mass is 551 g/mol. The van der Waals surface area contributed by atoms with E-state index in [9.17, 15) is 0 Å². The van der Waals surface area contributed by atoms with Crippen LogP contribution in [0.1, 0.15) is 23.9 Å². The van der Waals surface area contributed by atoms with Gasteiger partial charge in [-0.3, -0.25) is 4.90 Å². The molecule has 198 valence electrons. The minimum absolute atomic E-state index is 0.319. The molecular formula is C28H30ClN5O3S. The molecule has 0 radical (unpaired) electrons. The lowest BCUT2D eigenvalue weighted by Crippen LogP contribution is -2.46. The summed E-state index contributed by atoms with van der Waals surface area (Å²) in [6.45, 7) is 9.81. The predicted octanol–water partition coefficient (Wildman–Crippen LogP) is 6.29. The summed E-state index contributed by atoms with van der Waals surface area (Å²) in [5.74, 6) is 2.03. The smallest absolute Gasteiger partial charge is 0.212 e. The maximum atomic E-state index is 6.56. The second-order valence-corrected chi connectivity index (χ2v) is 11.1. The molecule has 4 heterocycles. The normalized spacial score (nSPS) is 14.6. The lowest BCUT2D eigenvalue weighted by atomic mass is 10.1. The summed E-state index contributed by atoms with van der Waals surface area (Å²) in [5.41, 5.74) is 3.52. The first kappa shape index (κ1) is 25.0. The number of aryl methyl sites for hydroxylation is 1. The number of rotatable bonds is 8. The molecule has 0 bridgehead atoms. The predicted molar refractivity (Wildman–Crippen MR) is 152 cm³/mol. The third-order valence-electron chi connectivity index (χ3n) is 6.90. The summed E-state index contributed by atoms with van der Waals surface area (Å²) in [5, 5.41) is 6.96. The van der Waals surface area contributed by atoms with Crippen molar-refractivity contribution in [3.63, 3.8) is 0 Å². The van der Waals surface area contributed by atoms with Crippen LogP contribution >= 0.6 is 22.9 Å². The Labute approximate surface area is 230 Å². The van der Waals surface area contributed by atoms with Gasteiger partial charge in [0.15, 0.2) is 5.76 Å². The molecule has 1 aliphatic heterocycles. The molecule has 5 aromatic rings. The van der Waals surface area contributed by atoms with E-state index in [1.165, 1.54) is 6.42 Å². The highest BCUT2D eigenvalue weighted by molar-refractivity contribution is 7.16. The number of benzene rings is 2. The third-order valence-corrected chi connectivity index (χ3v) is 8.05. The number of piperazine rings is 1. The maximum Gasteiger partial charge on any atom is 0.212 e. The fraction of sp³-hybridized carbons (Fsp3) is 0.357. The average molecular weight is 552 g/mol. The fourth-order valence-electron chi connectivity index (χ4n) is 4.97. The van der Waals surface area contributed by atoms with Gasteiger partial charge >= 0.3 is 0 Å². The maximum absolute atomic E-state index is 6.56. The van der Waals surface area contributed by atoms with E-state index in [2.05, 4.69) is 32.9 Å². The number of furan rings is 1. The highest BCUT2D eigenvalue weighted by Gasteiger charge is 2.19. The van der Waals surface area contributed by atoms with Crippen molar-refractivity contribution in [2.24, 2.45) is 0 Å². The summed E-state index contributed by atoms with van der Waals surface area (Å²) in [6.07, 6.45) is 3.07. The average Bonchev–Trinajstić information content (AvgIpc) is 3.61. The van der Waals surface area contributed by atoms with Gasteiger partial charge in [-0.05, 0) is 44.2 Å². The van der Waals surface area contributed by atoms with E-state index in [0.29, 0.717) is 34.5 Å². The van der Waals surface area contributed by atoms with Crippen molar-refractivity contribution in [3.8, 4) is 23.0 Å². The Morgan fingerprint density at radius 2 is 1.95 bits per heavy atom. The molecule has 0 saturated carbocycles. The molecule has 1 saturated heterocycles. The molecular weight excluding hydrogens is 522 g/mol. The van der Waals surface area contributed by atoms with Gasteiger partial charge in [0, 0.05) is 54.9 Å². The molecule has 2 aromatic carbocycles. The first-order valence-corrected chi connectivity index (χ1v) is 14.0. The number of hydrogen-bond donors (Lipinski definition) is 0. The first-order chi connectivity index (χ1) is 18.5. The minimum Gasteiger partial charge on any atom is -0.497 e. The molecule has 0 amide bonds. The molecule has 0 unspecified atom stereocenters. The van der Waals surface area contributed by atoms with Gasteiger partial charge in [0.25, 0.3) is 0 Å². The number of imidazole rings is 1. The molecule has 0 spiro atoms. The van der Waals surface area contributed by atoms with Gasteiger partial charge in [0.05, 0.1) is 18.3 Å². The molecule has 8 nitrogen and oxygen atoms in total. The Hall–Kier alpha value is -3.27. The first-order valence-electron chi connectivity index (χ1n) is 12.8. The Bertz CT molecular complexity index is 1550. The lowest BCUT2D eigenvalue weighted by Gasteiger charge is -2.36. The molecule has 0 aliphatic carbocycles. The molecule has 0 N–H and O–H groups in total. The zero-order valence-corrected chi connectivity index (χ0v) is 23.3. The molecule has 6 rings (SSSR count). The number of ether oxygens (including phenoxy) is 2. The van der Waals surface area contributed by atoms with Crippen molar-refractivity contribution in [1.29, 1.82) is 0 Å². The standard InChI is InChI=1S/C28H30ClN5O3S/c1-4-7-32-8-10-33(11-9-32)20-5-6-23(29)26(13-20)36-17-19-12-21(35-3)14-25-22(19)15-27(37-25)24-16-34-28(30-24)38-18(2)31-34/h5-6,12-16H,4,7-11,17H2,1-3H3. The highest BCUT2D eigenvalue weighted by atomic mass is 35.5. The number of nitrogens with zero attached hydrogens (tertiary/aromatic N) is 5. The second kappa shape index (κ2) is 10.5. The van der Waals surface area contributed by atoms with E-state index in [1.807, 2.05) is 43.5 Å². The highest BCUT2D eigenvalue weighted by Crippen LogP contribution is 2.35. The van der Waals surface area contributed by atoms with Crippen LogP contribution in [-0.2, 0) is 6.61 Å². The van der Waals surface area contributed by atoms with Crippen LogP contribution in [0.5, 0.6) is 11.5 Å². The Morgan fingerprint density at radius 3 is 2.71 bits per heavy atom.